The van der Waals surface area contributed by atoms with Crippen molar-refractivity contribution in [3.05, 3.63) is 28.4 Å². The molecule has 3 rings (SSSR count). The summed E-state index contributed by atoms with van der Waals surface area (Å²) in [6, 6.07) is 3.84. The molecule has 0 radical (unpaired) electrons. The van der Waals surface area contributed by atoms with Gasteiger partial charge in [0.05, 0.1) is 24.4 Å². The second-order valence-corrected chi connectivity index (χ2v) is 5.98. The van der Waals surface area contributed by atoms with Crippen molar-refractivity contribution >= 4 is 11.6 Å². The van der Waals surface area contributed by atoms with Crippen molar-refractivity contribution in [3.8, 4) is 22.8 Å². The van der Waals surface area contributed by atoms with Crippen LogP contribution in [0.1, 0.15) is 25.1 Å². The molecule has 0 saturated carbocycles. The van der Waals surface area contributed by atoms with Crippen LogP contribution in [-0.4, -0.2) is 41.9 Å². The number of aromatic nitrogens is 2. The lowest BCUT2D eigenvalue weighted by Crippen LogP contribution is -2.30. The number of benzene rings is 1. The average Bonchev–Trinajstić information content (AvgIpc) is 2.99. The molecule has 5 nitrogen and oxygen atoms in total. The molecule has 2 aromatic rings. The number of nitrogens with zero attached hydrogens (tertiary/aromatic N) is 2. The SMILES string of the molecule is CCOc1c(Cl)cc(-c2n[nH]c3c2CN(CC)CC3)cc1OC. The molecule has 0 aliphatic carbocycles. The summed E-state index contributed by atoms with van der Waals surface area (Å²) in [4.78, 5) is 2.41. The number of aromatic amines is 1. The van der Waals surface area contributed by atoms with Gasteiger partial charge in [0.1, 0.15) is 0 Å². The first kappa shape index (κ1) is 16.1. The molecule has 0 atom stereocenters. The Bertz CT molecular complexity index is 699. The van der Waals surface area contributed by atoms with Crippen LogP contribution in [0.15, 0.2) is 12.1 Å². The second-order valence-electron chi connectivity index (χ2n) is 5.57. The second kappa shape index (κ2) is 6.81. The van der Waals surface area contributed by atoms with Crippen LogP contribution >= 0.6 is 11.6 Å². The average molecular weight is 336 g/mol. The Morgan fingerprint density at radius 1 is 1.35 bits per heavy atom. The van der Waals surface area contributed by atoms with Gasteiger partial charge in [-0.1, -0.05) is 18.5 Å². The molecule has 1 aliphatic heterocycles. The number of methoxy groups -OCH3 is 1. The number of H-pyrrole nitrogens is 1. The van der Waals surface area contributed by atoms with E-state index in [9.17, 15) is 0 Å². The van der Waals surface area contributed by atoms with Crippen LogP contribution in [-0.2, 0) is 13.0 Å². The van der Waals surface area contributed by atoms with Crippen LogP contribution in [0.5, 0.6) is 11.5 Å². The Kier molecular flexibility index (Phi) is 4.78. The summed E-state index contributed by atoms with van der Waals surface area (Å²) in [6.45, 7) is 7.66. The van der Waals surface area contributed by atoms with Gasteiger partial charge in [-0.2, -0.15) is 5.10 Å². The Balaban J connectivity index is 2.03. The molecule has 1 aromatic heterocycles. The fourth-order valence-corrected chi connectivity index (χ4v) is 3.27. The highest BCUT2D eigenvalue weighted by atomic mass is 35.5. The molecule has 0 bridgehead atoms. The van der Waals surface area contributed by atoms with E-state index in [-0.39, 0.29) is 0 Å². The normalized spacial score (nSPS) is 14.6. The monoisotopic (exact) mass is 335 g/mol. The van der Waals surface area contributed by atoms with E-state index in [0.717, 1.165) is 37.3 Å². The minimum absolute atomic E-state index is 0.540. The Morgan fingerprint density at radius 3 is 2.87 bits per heavy atom. The third-order valence-corrected chi connectivity index (χ3v) is 4.53. The van der Waals surface area contributed by atoms with E-state index < -0.39 is 0 Å². The summed E-state index contributed by atoms with van der Waals surface area (Å²) < 4.78 is 11.0. The van der Waals surface area contributed by atoms with Gasteiger partial charge < -0.3 is 9.47 Å². The van der Waals surface area contributed by atoms with Crippen LogP contribution in [0.4, 0.5) is 0 Å². The number of rotatable bonds is 5. The molecule has 1 N–H and O–H groups in total. The minimum Gasteiger partial charge on any atom is -0.493 e. The quantitative estimate of drug-likeness (QED) is 0.908. The van der Waals surface area contributed by atoms with Crippen molar-refractivity contribution < 1.29 is 9.47 Å². The van der Waals surface area contributed by atoms with Gasteiger partial charge in [0.15, 0.2) is 11.5 Å². The number of halogens is 1. The topological polar surface area (TPSA) is 50.4 Å². The van der Waals surface area contributed by atoms with E-state index in [4.69, 9.17) is 21.1 Å². The van der Waals surface area contributed by atoms with E-state index in [1.165, 1.54) is 11.3 Å². The zero-order valence-electron chi connectivity index (χ0n) is 13.8. The first-order valence-corrected chi connectivity index (χ1v) is 8.34. The lowest BCUT2D eigenvalue weighted by molar-refractivity contribution is 0.267. The van der Waals surface area contributed by atoms with Crippen molar-refractivity contribution in [1.82, 2.24) is 15.1 Å². The number of hydrogen-bond acceptors (Lipinski definition) is 4. The fraction of sp³-hybridized carbons (Fsp3) is 0.471. The van der Waals surface area contributed by atoms with E-state index in [1.807, 2.05) is 19.1 Å². The molecular formula is C17H22ClN3O2. The van der Waals surface area contributed by atoms with E-state index in [2.05, 4.69) is 22.0 Å². The van der Waals surface area contributed by atoms with Crippen molar-refractivity contribution in [2.75, 3.05) is 26.8 Å². The predicted octanol–water partition coefficient (Wildman–Crippen LogP) is 3.52. The molecule has 124 valence electrons. The number of nitrogens with one attached hydrogen (secondary N) is 1. The molecule has 2 heterocycles. The zero-order chi connectivity index (χ0) is 16.4. The fourth-order valence-electron chi connectivity index (χ4n) is 3.00. The van der Waals surface area contributed by atoms with Gasteiger partial charge in [0.2, 0.25) is 0 Å². The van der Waals surface area contributed by atoms with Gasteiger partial charge in [-0.3, -0.25) is 10.00 Å². The summed E-state index contributed by atoms with van der Waals surface area (Å²) in [5, 5.41) is 8.24. The third kappa shape index (κ3) is 3.03. The highest BCUT2D eigenvalue weighted by Crippen LogP contribution is 2.40. The van der Waals surface area contributed by atoms with Crippen LogP contribution in [0, 0.1) is 0 Å². The van der Waals surface area contributed by atoms with Crippen molar-refractivity contribution in [3.63, 3.8) is 0 Å². The molecule has 6 heteroatoms. The van der Waals surface area contributed by atoms with Crippen LogP contribution < -0.4 is 9.47 Å². The molecule has 0 spiro atoms. The zero-order valence-corrected chi connectivity index (χ0v) is 14.5. The molecule has 0 saturated heterocycles. The van der Waals surface area contributed by atoms with Crippen LogP contribution in [0.2, 0.25) is 5.02 Å². The van der Waals surface area contributed by atoms with E-state index in [1.54, 1.807) is 7.11 Å². The lowest BCUT2D eigenvalue weighted by atomic mass is 10.0. The van der Waals surface area contributed by atoms with Gasteiger partial charge in [-0.05, 0) is 25.6 Å². The molecule has 0 amide bonds. The Hall–Kier alpha value is -1.72. The van der Waals surface area contributed by atoms with Gasteiger partial charge in [-0.25, -0.2) is 0 Å². The van der Waals surface area contributed by atoms with Crippen molar-refractivity contribution in [2.24, 2.45) is 0 Å². The first-order chi connectivity index (χ1) is 11.2. The smallest absolute Gasteiger partial charge is 0.179 e. The van der Waals surface area contributed by atoms with E-state index in [0.29, 0.717) is 23.1 Å². The summed E-state index contributed by atoms with van der Waals surface area (Å²) in [7, 11) is 1.62. The maximum Gasteiger partial charge on any atom is 0.179 e. The van der Waals surface area contributed by atoms with Gasteiger partial charge in [-0.15, -0.1) is 0 Å². The predicted molar refractivity (Wildman–Crippen MR) is 91.4 cm³/mol. The Morgan fingerprint density at radius 2 is 2.17 bits per heavy atom. The van der Waals surface area contributed by atoms with Gasteiger partial charge in [0, 0.05) is 36.3 Å². The largest absolute Gasteiger partial charge is 0.493 e. The molecule has 0 unspecified atom stereocenters. The van der Waals surface area contributed by atoms with Crippen molar-refractivity contribution in [1.29, 1.82) is 0 Å². The Labute approximate surface area is 141 Å². The number of fused-ring (bicyclic) bond motifs is 1. The summed E-state index contributed by atoms with van der Waals surface area (Å²) in [5.74, 6) is 1.22. The number of ether oxygens (including phenoxy) is 2. The third-order valence-electron chi connectivity index (χ3n) is 4.25. The molecule has 1 aromatic carbocycles. The lowest BCUT2D eigenvalue weighted by Gasteiger charge is -2.25. The van der Waals surface area contributed by atoms with Crippen LogP contribution in [0.25, 0.3) is 11.3 Å². The van der Waals surface area contributed by atoms with E-state index >= 15 is 0 Å². The van der Waals surface area contributed by atoms with Gasteiger partial charge in [0.25, 0.3) is 0 Å². The first-order valence-electron chi connectivity index (χ1n) is 7.97. The molecular weight excluding hydrogens is 314 g/mol. The molecule has 23 heavy (non-hydrogen) atoms. The summed E-state index contributed by atoms with van der Waals surface area (Å²) >= 11 is 6.39. The standard InChI is InChI=1S/C17H22ClN3O2/c1-4-21-7-6-14-12(10-21)16(20-19-14)11-8-13(18)17(23-5-2)15(9-11)22-3/h8-9H,4-7,10H2,1-3H3,(H,19,20). The van der Waals surface area contributed by atoms with Crippen molar-refractivity contribution in [2.45, 2.75) is 26.8 Å². The molecule has 1 aliphatic rings. The maximum absolute atomic E-state index is 6.39. The summed E-state index contributed by atoms with van der Waals surface area (Å²) in [6.07, 6.45) is 0.998. The highest BCUT2D eigenvalue weighted by Gasteiger charge is 2.23. The maximum atomic E-state index is 6.39. The summed E-state index contributed by atoms with van der Waals surface area (Å²) in [5.41, 5.74) is 4.36. The molecule has 0 fully saturated rings. The number of likely N-dealkylation sites (N-methyl/N-ethyl adjacent to an activating group) is 1. The van der Waals surface area contributed by atoms with Gasteiger partial charge >= 0.3 is 0 Å². The minimum atomic E-state index is 0.540. The number of hydrogen-bond donors (Lipinski definition) is 1. The highest BCUT2D eigenvalue weighted by molar-refractivity contribution is 6.32. The van der Waals surface area contributed by atoms with Crippen LogP contribution in [0.3, 0.4) is 0 Å².